The van der Waals surface area contributed by atoms with Gasteiger partial charge >= 0.3 is 0 Å². The average Bonchev–Trinajstić information content (AvgIpc) is 2.58. The zero-order valence-corrected chi connectivity index (χ0v) is 16.7. The fourth-order valence-electron chi connectivity index (χ4n) is 2.70. The number of hydrogen-bond donors (Lipinski definition) is 2. The minimum atomic E-state index is -0.266. The number of halogens is 1. The Labute approximate surface area is 164 Å². The van der Waals surface area contributed by atoms with Crippen LogP contribution >= 0.6 is 11.6 Å². The Balaban J connectivity index is 1.91. The topological polar surface area (TPSA) is 70.7 Å². The molecule has 144 valence electrons. The zero-order chi connectivity index (χ0) is 20.0. The molecule has 27 heavy (non-hydrogen) atoms. The highest BCUT2D eigenvalue weighted by molar-refractivity contribution is 6.31. The van der Waals surface area contributed by atoms with E-state index in [-0.39, 0.29) is 24.9 Å². The summed E-state index contributed by atoms with van der Waals surface area (Å²) >= 11 is 5.96. The normalized spacial score (nSPS) is 10.6. The number of amides is 2. The van der Waals surface area contributed by atoms with Crippen molar-refractivity contribution < 1.29 is 14.3 Å². The number of likely N-dealkylation sites (N-methyl/N-ethyl adjacent to an activating group) is 1. The van der Waals surface area contributed by atoms with Gasteiger partial charge in [0, 0.05) is 10.7 Å². The van der Waals surface area contributed by atoms with Crippen LogP contribution in [0.1, 0.15) is 11.1 Å². The number of rotatable bonds is 7. The maximum atomic E-state index is 12.3. The van der Waals surface area contributed by atoms with Crippen LogP contribution in [-0.2, 0) is 9.59 Å². The molecular formula is C20H24ClN3O3. The third-order valence-electron chi connectivity index (χ3n) is 4.01. The maximum Gasteiger partial charge on any atom is 0.238 e. The molecule has 0 saturated heterocycles. The highest BCUT2D eigenvalue weighted by Gasteiger charge is 2.14. The molecule has 0 atom stereocenters. The van der Waals surface area contributed by atoms with Gasteiger partial charge < -0.3 is 15.4 Å². The fourth-order valence-corrected chi connectivity index (χ4v) is 2.88. The average molecular weight is 390 g/mol. The van der Waals surface area contributed by atoms with Gasteiger partial charge in [0.2, 0.25) is 11.8 Å². The molecule has 0 aliphatic heterocycles. The van der Waals surface area contributed by atoms with E-state index in [9.17, 15) is 9.59 Å². The number of nitrogens with zero attached hydrogens (tertiary/aromatic N) is 1. The van der Waals surface area contributed by atoms with Gasteiger partial charge in [-0.15, -0.1) is 0 Å². The molecule has 2 amide bonds. The summed E-state index contributed by atoms with van der Waals surface area (Å²) in [5.41, 5.74) is 3.29. The van der Waals surface area contributed by atoms with E-state index in [0.29, 0.717) is 16.5 Å². The van der Waals surface area contributed by atoms with Gasteiger partial charge in [0.1, 0.15) is 5.75 Å². The molecule has 0 bridgehead atoms. The summed E-state index contributed by atoms with van der Waals surface area (Å²) in [6.45, 7) is 4.03. The summed E-state index contributed by atoms with van der Waals surface area (Å²) < 4.78 is 5.21. The Hall–Kier alpha value is -2.57. The number of ether oxygens (including phenoxy) is 1. The molecule has 2 aromatic carbocycles. The van der Waals surface area contributed by atoms with Crippen LogP contribution in [0.4, 0.5) is 11.4 Å². The standard InChI is InChI=1S/C20H24ClN3O3/c1-13-6-5-7-14(2)20(13)23-19(26)12-24(3)11-18(25)22-16-10-15(21)8-9-17(16)27-4/h5-10H,11-12H2,1-4H3,(H,22,25)(H,23,26). The molecule has 0 saturated carbocycles. The SMILES string of the molecule is COc1ccc(Cl)cc1NC(=O)CN(C)CC(=O)Nc1c(C)cccc1C. The van der Waals surface area contributed by atoms with Crippen LogP contribution in [0.15, 0.2) is 36.4 Å². The molecule has 2 aromatic rings. The van der Waals surface area contributed by atoms with Crippen molar-refractivity contribution in [3.63, 3.8) is 0 Å². The second-order valence-electron chi connectivity index (χ2n) is 6.38. The Morgan fingerprint density at radius 3 is 2.22 bits per heavy atom. The summed E-state index contributed by atoms with van der Waals surface area (Å²) in [5, 5.41) is 6.15. The molecule has 0 heterocycles. The highest BCUT2D eigenvalue weighted by Crippen LogP contribution is 2.27. The van der Waals surface area contributed by atoms with Crippen molar-refractivity contribution >= 4 is 34.8 Å². The quantitative estimate of drug-likeness (QED) is 0.760. The minimum absolute atomic E-state index is 0.0514. The Morgan fingerprint density at radius 1 is 1.04 bits per heavy atom. The summed E-state index contributed by atoms with van der Waals surface area (Å²) in [7, 11) is 3.22. The van der Waals surface area contributed by atoms with Crippen LogP contribution < -0.4 is 15.4 Å². The smallest absolute Gasteiger partial charge is 0.238 e. The molecule has 0 aromatic heterocycles. The van der Waals surface area contributed by atoms with E-state index < -0.39 is 0 Å². The van der Waals surface area contributed by atoms with Crippen LogP contribution in [0.3, 0.4) is 0 Å². The minimum Gasteiger partial charge on any atom is -0.495 e. The zero-order valence-electron chi connectivity index (χ0n) is 15.9. The molecule has 0 fully saturated rings. The van der Waals surface area contributed by atoms with E-state index in [1.165, 1.54) is 7.11 Å². The summed E-state index contributed by atoms with van der Waals surface area (Å²) in [6.07, 6.45) is 0. The number of anilines is 2. The third kappa shape index (κ3) is 5.98. The van der Waals surface area contributed by atoms with Gasteiger partial charge in [-0.3, -0.25) is 14.5 Å². The van der Waals surface area contributed by atoms with Crippen molar-refractivity contribution in [2.24, 2.45) is 0 Å². The van der Waals surface area contributed by atoms with E-state index >= 15 is 0 Å². The first kappa shape index (κ1) is 20.7. The van der Waals surface area contributed by atoms with Crippen molar-refractivity contribution in [2.75, 3.05) is 37.9 Å². The number of para-hydroxylation sites is 1. The lowest BCUT2D eigenvalue weighted by Gasteiger charge is -2.18. The van der Waals surface area contributed by atoms with Crippen LogP contribution in [0.5, 0.6) is 5.75 Å². The van der Waals surface area contributed by atoms with E-state index in [0.717, 1.165) is 16.8 Å². The van der Waals surface area contributed by atoms with E-state index in [1.807, 2.05) is 32.0 Å². The lowest BCUT2D eigenvalue weighted by molar-refractivity contribution is -0.119. The molecule has 6 nitrogen and oxygen atoms in total. The summed E-state index contributed by atoms with van der Waals surface area (Å²) in [5.74, 6) is 0.0733. The van der Waals surface area contributed by atoms with Crippen molar-refractivity contribution in [3.8, 4) is 5.75 Å². The van der Waals surface area contributed by atoms with E-state index in [4.69, 9.17) is 16.3 Å². The first-order valence-corrected chi connectivity index (χ1v) is 8.86. The number of nitrogens with one attached hydrogen (secondary N) is 2. The second-order valence-corrected chi connectivity index (χ2v) is 6.82. The van der Waals surface area contributed by atoms with Crippen molar-refractivity contribution in [3.05, 3.63) is 52.5 Å². The molecule has 7 heteroatoms. The van der Waals surface area contributed by atoms with Gasteiger partial charge in [-0.05, 0) is 50.2 Å². The summed E-state index contributed by atoms with van der Waals surface area (Å²) in [4.78, 5) is 26.2. The van der Waals surface area contributed by atoms with Crippen molar-refractivity contribution in [1.29, 1.82) is 0 Å². The molecule has 0 unspecified atom stereocenters. The van der Waals surface area contributed by atoms with Gasteiger partial charge in [0.05, 0.1) is 25.9 Å². The summed E-state index contributed by atoms with van der Waals surface area (Å²) in [6, 6.07) is 10.8. The monoisotopic (exact) mass is 389 g/mol. The van der Waals surface area contributed by atoms with Gasteiger partial charge in [-0.1, -0.05) is 29.8 Å². The number of carbonyl (C=O) groups excluding carboxylic acids is 2. The van der Waals surface area contributed by atoms with Gasteiger partial charge in [-0.25, -0.2) is 0 Å². The third-order valence-corrected chi connectivity index (χ3v) is 4.24. The maximum absolute atomic E-state index is 12.3. The van der Waals surface area contributed by atoms with Crippen LogP contribution in [0.25, 0.3) is 0 Å². The van der Waals surface area contributed by atoms with Crippen LogP contribution in [-0.4, -0.2) is 44.0 Å². The van der Waals surface area contributed by atoms with E-state index in [1.54, 1.807) is 30.1 Å². The number of methoxy groups -OCH3 is 1. The molecule has 0 aliphatic rings. The lowest BCUT2D eigenvalue weighted by atomic mass is 10.1. The van der Waals surface area contributed by atoms with Gasteiger partial charge in [0.15, 0.2) is 0 Å². The Kier molecular flexibility index (Phi) is 7.21. The number of hydrogen-bond acceptors (Lipinski definition) is 4. The predicted molar refractivity (Wildman–Crippen MR) is 109 cm³/mol. The number of aryl methyl sites for hydroxylation is 2. The molecule has 2 rings (SSSR count). The van der Waals surface area contributed by atoms with E-state index in [2.05, 4.69) is 10.6 Å². The Bertz CT molecular complexity index is 819. The molecule has 2 N–H and O–H groups in total. The molecule has 0 radical (unpaired) electrons. The first-order chi connectivity index (χ1) is 12.8. The largest absolute Gasteiger partial charge is 0.495 e. The van der Waals surface area contributed by atoms with Crippen molar-refractivity contribution in [2.45, 2.75) is 13.8 Å². The number of benzene rings is 2. The molecule has 0 spiro atoms. The fraction of sp³-hybridized carbons (Fsp3) is 0.300. The molecule has 0 aliphatic carbocycles. The van der Waals surface area contributed by atoms with Crippen LogP contribution in [0, 0.1) is 13.8 Å². The van der Waals surface area contributed by atoms with Gasteiger partial charge in [-0.2, -0.15) is 0 Å². The predicted octanol–water partition coefficient (Wildman–Crippen LogP) is 3.47. The van der Waals surface area contributed by atoms with Crippen molar-refractivity contribution in [1.82, 2.24) is 4.90 Å². The van der Waals surface area contributed by atoms with Crippen LogP contribution in [0.2, 0.25) is 5.02 Å². The number of carbonyl (C=O) groups is 2. The lowest BCUT2D eigenvalue weighted by Crippen LogP contribution is -2.36. The highest BCUT2D eigenvalue weighted by atomic mass is 35.5. The van der Waals surface area contributed by atoms with Gasteiger partial charge in [0.25, 0.3) is 0 Å². The molecular weight excluding hydrogens is 366 g/mol. The Morgan fingerprint density at radius 2 is 1.63 bits per heavy atom. The first-order valence-electron chi connectivity index (χ1n) is 8.48. The second kappa shape index (κ2) is 9.39.